The quantitative estimate of drug-likeness (QED) is 0.364. The standard InChI is InChI=1S/C28H34Cl2N2O2/c1-32(18-19-6-4-2-3-5-7-19)14-12-22(13-15-32)31-28(33)27-23-16-20(29)8-10-25(23)34-26-11-9-21(30)17-24(26)27/h8-11,16-17,19,22,27H,2-7,12-15,18H2,1H3/p+1. The molecule has 0 aromatic heterocycles. The third-order valence-corrected chi connectivity index (χ3v) is 8.57. The average molecular weight is 503 g/mol. The first-order chi connectivity index (χ1) is 16.4. The number of rotatable bonds is 4. The largest absolute Gasteiger partial charge is 0.457 e. The van der Waals surface area contributed by atoms with Gasteiger partial charge in [0.25, 0.3) is 0 Å². The lowest BCUT2D eigenvalue weighted by molar-refractivity contribution is -0.917. The summed E-state index contributed by atoms with van der Waals surface area (Å²) in [5, 5.41) is 4.55. The maximum Gasteiger partial charge on any atom is 0.232 e. The van der Waals surface area contributed by atoms with Crippen molar-refractivity contribution in [3.05, 3.63) is 57.6 Å². The molecular formula is C28H35Cl2N2O2+. The van der Waals surface area contributed by atoms with Crippen LogP contribution in [-0.2, 0) is 4.79 Å². The molecule has 2 aliphatic heterocycles. The Morgan fingerprint density at radius 3 is 2.03 bits per heavy atom. The lowest BCUT2D eigenvalue weighted by atomic mass is 9.86. The number of piperidine rings is 1. The Morgan fingerprint density at radius 2 is 1.47 bits per heavy atom. The third kappa shape index (κ3) is 5.24. The Hall–Kier alpha value is -1.75. The van der Waals surface area contributed by atoms with Crippen molar-refractivity contribution in [3.63, 3.8) is 0 Å². The van der Waals surface area contributed by atoms with Gasteiger partial charge in [0, 0.05) is 46.0 Å². The molecule has 1 saturated heterocycles. The number of amides is 1. The predicted octanol–water partition coefficient (Wildman–Crippen LogP) is 6.93. The summed E-state index contributed by atoms with van der Waals surface area (Å²) in [7, 11) is 2.41. The maximum absolute atomic E-state index is 13.7. The molecule has 0 atom stereocenters. The van der Waals surface area contributed by atoms with E-state index in [2.05, 4.69) is 12.4 Å². The number of carbonyl (C=O) groups is 1. The second kappa shape index (κ2) is 10.1. The zero-order valence-electron chi connectivity index (χ0n) is 20.0. The van der Waals surface area contributed by atoms with Gasteiger partial charge in [-0.3, -0.25) is 4.79 Å². The Labute approximate surface area is 213 Å². The Morgan fingerprint density at radius 1 is 0.912 bits per heavy atom. The summed E-state index contributed by atoms with van der Waals surface area (Å²) in [5.74, 6) is 1.74. The van der Waals surface area contributed by atoms with Gasteiger partial charge in [0.15, 0.2) is 0 Å². The monoisotopic (exact) mass is 501 g/mol. The van der Waals surface area contributed by atoms with Crippen LogP contribution in [0.4, 0.5) is 0 Å². The van der Waals surface area contributed by atoms with Crippen LogP contribution in [0.25, 0.3) is 0 Å². The second-order valence-electron chi connectivity index (χ2n) is 10.8. The molecule has 4 nitrogen and oxygen atoms in total. The summed E-state index contributed by atoms with van der Waals surface area (Å²) in [5.41, 5.74) is 1.59. The maximum atomic E-state index is 13.7. The molecule has 0 unspecified atom stereocenters. The highest BCUT2D eigenvalue weighted by Crippen LogP contribution is 2.46. The second-order valence-corrected chi connectivity index (χ2v) is 11.7. The van der Waals surface area contributed by atoms with E-state index in [1.807, 2.05) is 24.3 Å². The first-order valence-corrected chi connectivity index (χ1v) is 13.6. The first kappa shape index (κ1) is 24.0. The fraction of sp³-hybridized carbons (Fsp3) is 0.536. The molecule has 0 bridgehead atoms. The smallest absolute Gasteiger partial charge is 0.232 e. The molecular weight excluding hydrogens is 467 g/mol. The van der Waals surface area contributed by atoms with Crippen LogP contribution in [0.15, 0.2) is 36.4 Å². The Bertz CT molecular complexity index is 989. The fourth-order valence-electron chi connectivity index (χ4n) is 6.22. The molecule has 182 valence electrons. The summed E-state index contributed by atoms with van der Waals surface area (Å²) in [6.45, 7) is 3.54. The van der Waals surface area contributed by atoms with Gasteiger partial charge in [-0.05, 0) is 49.2 Å². The van der Waals surface area contributed by atoms with Crippen LogP contribution in [0.5, 0.6) is 11.5 Å². The van der Waals surface area contributed by atoms with E-state index in [0.29, 0.717) is 21.5 Å². The van der Waals surface area contributed by atoms with Crippen LogP contribution in [0.1, 0.15) is 68.4 Å². The van der Waals surface area contributed by atoms with Crippen molar-refractivity contribution in [2.75, 3.05) is 26.7 Å². The van der Waals surface area contributed by atoms with Gasteiger partial charge >= 0.3 is 0 Å². The number of ether oxygens (including phenoxy) is 1. The molecule has 0 spiro atoms. The Kier molecular flexibility index (Phi) is 7.11. The number of hydrogen-bond donors (Lipinski definition) is 1. The molecule has 1 saturated carbocycles. The van der Waals surface area contributed by atoms with E-state index in [0.717, 1.165) is 47.5 Å². The average Bonchev–Trinajstić information content (AvgIpc) is 3.07. The normalized spacial score (nSPS) is 25.6. The molecule has 2 aromatic carbocycles. The van der Waals surface area contributed by atoms with Crippen LogP contribution in [0, 0.1) is 5.92 Å². The van der Waals surface area contributed by atoms with Gasteiger partial charge in [-0.25, -0.2) is 0 Å². The third-order valence-electron chi connectivity index (χ3n) is 8.10. The summed E-state index contributed by atoms with van der Waals surface area (Å²) >= 11 is 12.6. The minimum absolute atomic E-state index is 0.000189. The SMILES string of the molecule is C[N+]1(CC2CCCCCC2)CCC(NC(=O)C2c3cc(Cl)ccc3Oc3ccc(Cl)cc32)CC1. The number of nitrogens with zero attached hydrogens (tertiary/aromatic N) is 1. The molecule has 6 heteroatoms. The summed E-state index contributed by atoms with van der Waals surface area (Å²) in [6, 6.07) is 11.1. The highest BCUT2D eigenvalue weighted by Gasteiger charge is 2.37. The van der Waals surface area contributed by atoms with E-state index < -0.39 is 5.92 Å². The molecule has 2 fully saturated rings. The molecule has 0 radical (unpaired) electrons. The van der Waals surface area contributed by atoms with Crippen molar-refractivity contribution >= 4 is 29.1 Å². The van der Waals surface area contributed by atoms with Gasteiger partial charge in [0.2, 0.25) is 5.91 Å². The molecule has 1 amide bonds. The summed E-state index contributed by atoms with van der Waals surface area (Å²) in [4.78, 5) is 13.7. The van der Waals surface area contributed by atoms with Crippen LogP contribution in [0.2, 0.25) is 10.0 Å². The predicted molar refractivity (Wildman–Crippen MR) is 138 cm³/mol. The number of carbonyl (C=O) groups excluding carboxylic acids is 1. The lowest BCUT2D eigenvalue weighted by Crippen LogP contribution is -2.56. The molecule has 5 rings (SSSR count). The minimum atomic E-state index is -0.482. The van der Waals surface area contributed by atoms with Crippen molar-refractivity contribution < 1.29 is 14.0 Å². The van der Waals surface area contributed by atoms with E-state index in [-0.39, 0.29) is 11.9 Å². The molecule has 2 heterocycles. The van der Waals surface area contributed by atoms with Crippen LogP contribution < -0.4 is 10.1 Å². The van der Waals surface area contributed by atoms with E-state index >= 15 is 0 Å². The number of fused-ring (bicyclic) bond motifs is 2. The lowest BCUT2D eigenvalue weighted by Gasteiger charge is -2.43. The van der Waals surface area contributed by atoms with E-state index in [4.69, 9.17) is 27.9 Å². The van der Waals surface area contributed by atoms with E-state index in [9.17, 15) is 4.79 Å². The molecule has 1 N–H and O–H groups in total. The molecule has 1 aliphatic carbocycles. The van der Waals surface area contributed by atoms with Crippen LogP contribution >= 0.6 is 23.2 Å². The van der Waals surface area contributed by atoms with Gasteiger partial charge in [0.1, 0.15) is 11.5 Å². The van der Waals surface area contributed by atoms with Gasteiger partial charge in [-0.2, -0.15) is 0 Å². The molecule has 34 heavy (non-hydrogen) atoms. The van der Waals surface area contributed by atoms with Crippen molar-refractivity contribution in [2.45, 2.75) is 63.3 Å². The number of hydrogen-bond acceptors (Lipinski definition) is 2. The van der Waals surface area contributed by atoms with Crippen LogP contribution in [0.3, 0.4) is 0 Å². The minimum Gasteiger partial charge on any atom is -0.457 e. The van der Waals surface area contributed by atoms with Crippen molar-refractivity contribution in [1.29, 1.82) is 0 Å². The Balaban J connectivity index is 1.28. The zero-order chi connectivity index (χ0) is 23.7. The van der Waals surface area contributed by atoms with E-state index in [1.54, 1.807) is 12.1 Å². The molecule has 3 aliphatic rings. The summed E-state index contributed by atoms with van der Waals surface area (Å²) in [6.07, 6.45) is 10.4. The number of halogens is 2. The highest BCUT2D eigenvalue weighted by atomic mass is 35.5. The van der Waals surface area contributed by atoms with Gasteiger partial charge in [0.05, 0.1) is 32.6 Å². The van der Waals surface area contributed by atoms with Gasteiger partial charge in [-0.1, -0.05) is 48.9 Å². The summed E-state index contributed by atoms with van der Waals surface area (Å²) < 4.78 is 7.21. The topological polar surface area (TPSA) is 38.3 Å². The number of quaternary nitrogens is 1. The molecule has 2 aromatic rings. The number of benzene rings is 2. The van der Waals surface area contributed by atoms with Crippen molar-refractivity contribution in [3.8, 4) is 11.5 Å². The van der Waals surface area contributed by atoms with Crippen molar-refractivity contribution in [1.82, 2.24) is 5.32 Å². The number of nitrogens with one attached hydrogen (secondary N) is 1. The van der Waals surface area contributed by atoms with Crippen molar-refractivity contribution in [2.24, 2.45) is 5.92 Å². The van der Waals surface area contributed by atoms with Gasteiger partial charge in [-0.15, -0.1) is 0 Å². The zero-order valence-corrected chi connectivity index (χ0v) is 21.5. The van der Waals surface area contributed by atoms with E-state index in [1.165, 1.54) is 45.1 Å². The van der Waals surface area contributed by atoms with Crippen LogP contribution in [-0.4, -0.2) is 43.1 Å². The fourth-order valence-corrected chi connectivity index (χ4v) is 6.58. The number of likely N-dealkylation sites (tertiary alicyclic amines) is 1. The van der Waals surface area contributed by atoms with Gasteiger partial charge < -0.3 is 14.5 Å². The first-order valence-electron chi connectivity index (χ1n) is 12.8. The highest BCUT2D eigenvalue weighted by molar-refractivity contribution is 6.31.